The van der Waals surface area contributed by atoms with E-state index in [0.717, 1.165) is 35.5 Å². The maximum atomic E-state index is 11.5. The van der Waals surface area contributed by atoms with Gasteiger partial charge in [-0.15, -0.1) is 0 Å². The van der Waals surface area contributed by atoms with Crippen LogP contribution in [0.15, 0.2) is 45.9 Å². The summed E-state index contributed by atoms with van der Waals surface area (Å²) in [6.45, 7) is 0. The Morgan fingerprint density at radius 3 is 2.80 bits per heavy atom. The number of fused-ring (bicyclic) bond motifs is 1. The van der Waals surface area contributed by atoms with E-state index in [1.807, 2.05) is 12.1 Å². The summed E-state index contributed by atoms with van der Waals surface area (Å²) in [6.07, 6.45) is 4.32. The molecule has 0 radical (unpaired) electrons. The number of imidazole rings is 1. The Hall–Kier alpha value is -2.08. The Labute approximate surface area is 116 Å². The summed E-state index contributed by atoms with van der Waals surface area (Å²) < 4.78 is 28.3. The summed E-state index contributed by atoms with van der Waals surface area (Å²) in [4.78, 5) is 7.89. The fourth-order valence-corrected chi connectivity index (χ4v) is 2.73. The lowest BCUT2D eigenvalue weighted by Crippen LogP contribution is -1.96. The molecule has 1 N–H and O–H groups in total. The van der Waals surface area contributed by atoms with Gasteiger partial charge in [-0.3, -0.25) is 0 Å². The molecule has 0 bridgehead atoms. The molecule has 0 fully saturated rings. The van der Waals surface area contributed by atoms with Crippen LogP contribution in [0.5, 0.6) is 0 Å². The SMILES string of the molecule is CS(=O)(=O)c1ccc2nc(CCc3ccco3)[nH]c2c1. The Morgan fingerprint density at radius 1 is 1.25 bits per heavy atom. The summed E-state index contributed by atoms with van der Waals surface area (Å²) in [7, 11) is -3.20. The highest BCUT2D eigenvalue weighted by Gasteiger charge is 2.10. The number of hydrogen-bond donors (Lipinski definition) is 1. The van der Waals surface area contributed by atoms with Gasteiger partial charge in [0, 0.05) is 19.1 Å². The van der Waals surface area contributed by atoms with Gasteiger partial charge in [0.25, 0.3) is 0 Å². The first-order valence-electron chi connectivity index (χ1n) is 6.23. The fourth-order valence-electron chi connectivity index (χ4n) is 2.09. The molecule has 104 valence electrons. The third kappa shape index (κ3) is 2.60. The number of aromatic nitrogens is 2. The second-order valence-electron chi connectivity index (χ2n) is 4.71. The first-order valence-corrected chi connectivity index (χ1v) is 8.12. The lowest BCUT2D eigenvalue weighted by molar-refractivity contribution is 0.507. The summed E-state index contributed by atoms with van der Waals surface area (Å²) in [5.74, 6) is 1.73. The number of sulfone groups is 1. The van der Waals surface area contributed by atoms with Crippen LogP contribution in [-0.2, 0) is 22.7 Å². The zero-order valence-corrected chi connectivity index (χ0v) is 11.8. The van der Waals surface area contributed by atoms with Crippen molar-refractivity contribution in [3.05, 3.63) is 48.2 Å². The van der Waals surface area contributed by atoms with Crippen LogP contribution in [-0.4, -0.2) is 24.6 Å². The molecule has 5 nitrogen and oxygen atoms in total. The Bertz CT molecular complexity index is 833. The zero-order valence-electron chi connectivity index (χ0n) is 11.0. The van der Waals surface area contributed by atoms with Crippen molar-refractivity contribution in [1.82, 2.24) is 9.97 Å². The molecule has 0 unspecified atom stereocenters. The van der Waals surface area contributed by atoms with Gasteiger partial charge in [-0.2, -0.15) is 0 Å². The molecular formula is C14H14N2O3S. The highest BCUT2D eigenvalue weighted by atomic mass is 32.2. The molecule has 3 aromatic rings. The Morgan fingerprint density at radius 2 is 2.10 bits per heavy atom. The van der Waals surface area contributed by atoms with E-state index in [-0.39, 0.29) is 0 Å². The average molecular weight is 290 g/mol. The van der Waals surface area contributed by atoms with Crippen LogP contribution in [0, 0.1) is 0 Å². The van der Waals surface area contributed by atoms with Gasteiger partial charge in [0.05, 0.1) is 22.2 Å². The molecule has 0 atom stereocenters. The Kier molecular flexibility index (Phi) is 3.10. The second kappa shape index (κ2) is 4.79. The minimum absolute atomic E-state index is 0.297. The van der Waals surface area contributed by atoms with Crippen molar-refractivity contribution in [2.24, 2.45) is 0 Å². The molecule has 3 rings (SSSR count). The van der Waals surface area contributed by atoms with Crippen LogP contribution in [0.4, 0.5) is 0 Å². The quantitative estimate of drug-likeness (QED) is 0.800. The number of aryl methyl sites for hydroxylation is 2. The number of benzene rings is 1. The van der Waals surface area contributed by atoms with E-state index >= 15 is 0 Å². The monoisotopic (exact) mass is 290 g/mol. The summed E-state index contributed by atoms with van der Waals surface area (Å²) in [6, 6.07) is 8.69. The normalized spacial score (nSPS) is 12.1. The molecule has 2 aromatic heterocycles. The van der Waals surface area contributed by atoms with Crippen LogP contribution < -0.4 is 0 Å². The maximum Gasteiger partial charge on any atom is 0.175 e. The molecule has 0 aliphatic carbocycles. The van der Waals surface area contributed by atoms with Crippen molar-refractivity contribution >= 4 is 20.9 Å². The number of rotatable bonds is 4. The lowest BCUT2D eigenvalue weighted by atomic mass is 10.2. The molecule has 2 heterocycles. The average Bonchev–Trinajstić information content (AvgIpc) is 3.03. The molecule has 0 saturated heterocycles. The van der Waals surface area contributed by atoms with Crippen LogP contribution in [0.2, 0.25) is 0 Å². The predicted molar refractivity (Wildman–Crippen MR) is 75.3 cm³/mol. The number of nitrogens with one attached hydrogen (secondary N) is 1. The van der Waals surface area contributed by atoms with E-state index in [0.29, 0.717) is 4.90 Å². The minimum Gasteiger partial charge on any atom is -0.469 e. The van der Waals surface area contributed by atoms with Gasteiger partial charge in [-0.25, -0.2) is 13.4 Å². The van der Waals surface area contributed by atoms with Gasteiger partial charge < -0.3 is 9.40 Å². The van der Waals surface area contributed by atoms with E-state index in [4.69, 9.17) is 4.42 Å². The molecule has 6 heteroatoms. The fraction of sp³-hybridized carbons (Fsp3) is 0.214. The highest BCUT2D eigenvalue weighted by molar-refractivity contribution is 7.90. The standard InChI is InChI=1S/C14H14N2O3S/c1-20(17,18)11-5-6-12-13(9-11)16-14(15-12)7-4-10-3-2-8-19-10/h2-3,5-6,8-9H,4,7H2,1H3,(H,15,16). The van der Waals surface area contributed by atoms with Gasteiger partial charge in [-0.1, -0.05) is 0 Å². The van der Waals surface area contributed by atoms with Crippen molar-refractivity contribution in [2.45, 2.75) is 17.7 Å². The Balaban J connectivity index is 1.87. The van der Waals surface area contributed by atoms with Gasteiger partial charge in [0.2, 0.25) is 0 Å². The van der Waals surface area contributed by atoms with Gasteiger partial charge in [-0.05, 0) is 30.3 Å². The van der Waals surface area contributed by atoms with E-state index in [1.54, 1.807) is 24.5 Å². The molecule has 1 aromatic carbocycles. The molecule has 0 saturated carbocycles. The van der Waals surface area contributed by atoms with Crippen LogP contribution >= 0.6 is 0 Å². The van der Waals surface area contributed by atoms with E-state index < -0.39 is 9.84 Å². The third-order valence-corrected chi connectivity index (χ3v) is 4.23. The van der Waals surface area contributed by atoms with Crippen molar-refractivity contribution < 1.29 is 12.8 Å². The molecule has 20 heavy (non-hydrogen) atoms. The maximum absolute atomic E-state index is 11.5. The minimum atomic E-state index is -3.20. The largest absolute Gasteiger partial charge is 0.469 e. The first-order chi connectivity index (χ1) is 9.52. The van der Waals surface area contributed by atoms with Crippen LogP contribution in [0.1, 0.15) is 11.6 Å². The first kappa shape index (κ1) is 12.9. The van der Waals surface area contributed by atoms with Crippen molar-refractivity contribution in [2.75, 3.05) is 6.26 Å². The van der Waals surface area contributed by atoms with Crippen molar-refractivity contribution in [1.29, 1.82) is 0 Å². The smallest absolute Gasteiger partial charge is 0.175 e. The summed E-state index contributed by atoms with van der Waals surface area (Å²) >= 11 is 0. The van der Waals surface area contributed by atoms with Crippen molar-refractivity contribution in [3.63, 3.8) is 0 Å². The number of H-pyrrole nitrogens is 1. The van der Waals surface area contributed by atoms with Crippen LogP contribution in [0.25, 0.3) is 11.0 Å². The predicted octanol–water partition coefficient (Wildman–Crippen LogP) is 2.34. The van der Waals surface area contributed by atoms with E-state index in [1.165, 1.54) is 6.26 Å². The molecule has 0 aliphatic rings. The molecule has 0 spiro atoms. The highest BCUT2D eigenvalue weighted by Crippen LogP contribution is 2.18. The summed E-state index contributed by atoms with van der Waals surface area (Å²) in [5, 5.41) is 0. The second-order valence-corrected chi connectivity index (χ2v) is 6.73. The van der Waals surface area contributed by atoms with Crippen LogP contribution in [0.3, 0.4) is 0 Å². The topological polar surface area (TPSA) is 76.0 Å². The van der Waals surface area contributed by atoms with Gasteiger partial charge in [0.15, 0.2) is 9.84 Å². The third-order valence-electron chi connectivity index (χ3n) is 3.12. The number of furan rings is 1. The molecule has 0 amide bonds. The van der Waals surface area contributed by atoms with Gasteiger partial charge >= 0.3 is 0 Å². The number of hydrogen-bond acceptors (Lipinski definition) is 4. The molecular weight excluding hydrogens is 276 g/mol. The molecule has 0 aliphatic heterocycles. The summed E-state index contributed by atoms with van der Waals surface area (Å²) in [5.41, 5.74) is 1.51. The van der Waals surface area contributed by atoms with E-state index in [2.05, 4.69) is 9.97 Å². The zero-order chi connectivity index (χ0) is 14.2. The number of nitrogens with zero attached hydrogens (tertiary/aromatic N) is 1. The lowest BCUT2D eigenvalue weighted by Gasteiger charge is -1.96. The van der Waals surface area contributed by atoms with Gasteiger partial charge in [0.1, 0.15) is 11.6 Å². The number of aromatic amines is 1. The van der Waals surface area contributed by atoms with Crippen molar-refractivity contribution in [3.8, 4) is 0 Å². The van der Waals surface area contributed by atoms with E-state index in [9.17, 15) is 8.42 Å².